The molecule has 0 N–H and O–H groups in total. The number of carbonyl (C=O) groups is 1. The van der Waals surface area contributed by atoms with E-state index in [2.05, 4.69) is 4.99 Å². The average Bonchev–Trinajstić information content (AvgIpc) is 2.68. The molecule has 0 bridgehead atoms. The van der Waals surface area contributed by atoms with Crippen LogP contribution in [-0.4, -0.2) is 10.5 Å². The molecule has 5 heteroatoms. The number of hydrogen-bond donors (Lipinski definition) is 0. The fraction of sp³-hybridized carbons (Fsp3) is 0.167. The second kappa shape index (κ2) is 5.29. The first-order chi connectivity index (χ1) is 8.16. The Morgan fingerprint density at radius 2 is 2.24 bits per heavy atom. The summed E-state index contributed by atoms with van der Waals surface area (Å²) >= 11 is 7.42. The van der Waals surface area contributed by atoms with Crippen LogP contribution in [0, 0.1) is 0 Å². The molecule has 1 amide bonds. The van der Waals surface area contributed by atoms with Crippen molar-refractivity contribution in [3.63, 3.8) is 0 Å². The first kappa shape index (κ1) is 12.1. The minimum atomic E-state index is -0.184. The molecule has 2 aromatic rings. The van der Waals surface area contributed by atoms with E-state index < -0.39 is 0 Å². The Bertz CT molecular complexity index is 600. The Hall–Kier alpha value is -1.39. The zero-order valence-corrected chi connectivity index (χ0v) is 10.8. The lowest BCUT2D eigenvalue weighted by atomic mass is 10.1. The fourth-order valence-electron chi connectivity index (χ4n) is 1.39. The lowest BCUT2D eigenvalue weighted by Gasteiger charge is -1.99. The van der Waals surface area contributed by atoms with Crippen LogP contribution in [0.15, 0.2) is 40.8 Å². The molecule has 1 aromatic heterocycles. The van der Waals surface area contributed by atoms with Gasteiger partial charge in [-0.15, -0.1) is 11.3 Å². The summed E-state index contributed by atoms with van der Waals surface area (Å²) in [6, 6.07) is 7.31. The molecule has 17 heavy (non-hydrogen) atoms. The Kier molecular flexibility index (Phi) is 3.76. The maximum absolute atomic E-state index is 11.8. The first-order valence-electron chi connectivity index (χ1n) is 5.08. The maximum Gasteiger partial charge on any atom is 0.252 e. The molecule has 0 aliphatic heterocycles. The van der Waals surface area contributed by atoms with Crippen molar-refractivity contribution in [2.75, 3.05) is 0 Å². The molecule has 0 radical (unpaired) electrons. The van der Waals surface area contributed by atoms with Gasteiger partial charge in [-0.05, 0) is 11.6 Å². The fourth-order valence-corrected chi connectivity index (χ4v) is 2.33. The second-order valence-electron chi connectivity index (χ2n) is 3.57. The quantitative estimate of drug-likeness (QED) is 0.822. The lowest BCUT2D eigenvalue weighted by Crippen LogP contribution is -2.13. The minimum Gasteiger partial charge on any atom is -0.327 e. The summed E-state index contributed by atoms with van der Waals surface area (Å²) in [5.74, 6) is -0.184. The number of aromatic nitrogens is 1. The van der Waals surface area contributed by atoms with Gasteiger partial charge in [-0.25, -0.2) is 0 Å². The van der Waals surface area contributed by atoms with Crippen LogP contribution in [0.2, 0.25) is 5.02 Å². The smallest absolute Gasteiger partial charge is 0.252 e. The van der Waals surface area contributed by atoms with Crippen LogP contribution in [0.1, 0.15) is 5.56 Å². The van der Waals surface area contributed by atoms with E-state index in [4.69, 9.17) is 11.6 Å². The van der Waals surface area contributed by atoms with Crippen molar-refractivity contribution in [3.05, 3.63) is 51.2 Å². The summed E-state index contributed by atoms with van der Waals surface area (Å²) in [7, 11) is 1.86. The van der Waals surface area contributed by atoms with Crippen molar-refractivity contribution >= 4 is 28.8 Å². The van der Waals surface area contributed by atoms with Gasteiger partial charge >= 0.3 is 0 Å². The van der Waals surface area contributed by atoms with Gasteiger partial charge in [-0.1, -0.05) is 29.8 Å². The average molecular weight is 267 g/mol. The van der Waals surface area contributed by atoms with Crippen molar-refractivity contribution in [3.8, 4) is 0 Å². The first-order valence-corrected chi connectivity index (χ1v) is 6.33. The van der Waals surface area contributed by atoms with Gasteiger partial charge in [-0.2, -0.15) is 4.99 Å². The second-order valence-corrected chi connectivity index (χ2v) is 4.85. The highest BCUT2D eigenvalue weighted by atomic mass is 35.5. The van der Waals surface area contributed by atoms with Crippen LogP contribution in [0.4, 0.5) is 0 Å². The molecule has 0 aliphatic carbocycles. The van der Waals surface area contributed by atoms with Crippen molar-refractivity contribution in [1.29, 1.82) is 0 Å². The van der Waals surface area contributed by atoms with Crippen molar-refractivity contribution in [2.45, 2.75) is 6.42 Å². The number of nitrogens with zero attached hydrogens (tertiary/aromatic N) is 2. The van der Waals surface area contributed by atoms with Crippen LogP contribution in [0.25, 0.3) is 0 Å². The predicted octanol–water partition coefficient (Wildman–Crippen LogP) is 2.41. The van der Waals surface area contributed by atoms with E-state index in [1.54, 1.807) is 6.07 Å². The van der Waals surface area contributed by atoms with Crippen LogP contribution >= 0.6 is 22.9 Å². The van der Waals surface area contributed by atoms with Crippen molar-refractivity contribution in [1.82, 2.24) is 4.57 Å². The van der Waals surface area contributed by atoms with E-state index in [9.17, 15) is 4.79 Å². The molecular weight excluding hydrogens is 256 g/mol. The molecule has 0 atom stereocenters. The molecule has 0 saturated heterocycles. The van der Waals surface area contributed by atoms with E-state index in [-0.39, 0.29) is 12.3 Å². The number of hydrogen-bond acceptors (Lipinski definition) is 2. The van der Waals surface area contributed by atoms with E-state index in [1.807, 2.05) is 41.4 Å². The van der Waals surface area contributed by atoms with Crippen molar-refractivity contribution in [2.24, 2.45) is 12.0 Å². The van der Waals surface area contributed by atoms with E-state index in [0.717, 1.165) is 5.56 Å². The lowest BCUT2D eigenvalue weighted by molar-refractivity contribution is -0.117. The van der Waals surface area contributed by atoms with Gasteiger partial charge in [0.25, 0.3) is 5.91 Å². The Morgan fingerprint density at radius 1 is 1.47 bits per heavy atom. The van der Waals surface area contributed by atoms with Crippen LogP contribution in [-0.2, 0) is 18.3 Å². The third kappa shape index (κ3) is 3.05. The minimum absolute atomic E-state index is 0.184. The number of halogens is 1. The van der Waals surface area contributed by atoms with Gasteiger partial charge in [0.1, 0.15) is 0 Å². The molecule has 0 fully saturated rings. The summed E-state index contributed by atoms with van der Waals surface area (Å²) in [5.41, 5.74) is 0.808. The number of aryl methyl sites for hydroxylation is 1. The topological polar surface area (TPSA) is 34.4 Å². The Labute approximate surface area is 108 Å². The van der Waals surface area contributed by atoms with E-state index >= 15 is 0 Å². The predicted molar refractivity (Wildman–Crippen MR) is 69.0 cm³/mol. The molecule has 0 spiro atoms. The summed E-state index contributed by atoms with van der Waals surface area (Å²) in [6.45, 7) is 0. The molecular formula is C12H11ClN2OS. The van der Waals surface area contributed by atoms with Crippen molar-refractivity contribution < 1.29 is 4.79 Å². The molecule has 3 nitrogen and oxygen atoms in total. The summed E-state index contributed by atoms with van der Waals surface area (Å²) in [6.07, 6.45) is 2.10. The number of carbonyl (C=O) groups excluding carboxylic acids is 1. The third-order valence-corrected chi connectivity index (χ3v) is 3.50. The summed E-state index contributed by atoms with van der Waals surface area (Å²) < 4.78 is 1.81. The zero-order chi connectivity index (χ0) is 12.3. The molecule has 2 rings (SSSR count). The SMILES string of the molecule is Cn1ccsc1=NC(=O)Cc1ccccc1Cl. The monoisotopic (exact) mass is 266 g/mol. The number of thiazole rings is 1. The molecule has 88 valence electrons. The van der Waals surface area contributed by atoms with Gasteiger partial charge in [0.2, 0.25) is 0 Å². The van der Waals surface area contributed by atoms with Crippen LogP contribution < -0.4 is 4.80 Å². The van der Waals surface area contributed by atoms with Crippen LogP contribution in [0.3, 0.4) is 0 Å². The van der Waals surface area contributed by atoms with E-state index in [1.165, 1.54) is 11.3 Å². The molecule has 0 aliphatic rings. The summed E-state index contributed by atoms with van der Waals surface area (Å²) in [5, 5.41) is 2.49. The molecule has 0 saturated carbocycles. The largest absolute Gasteiger partial charge is 0.327 e. The maximum atomic E-state index is 11.8. The number of amides is 1. The van der Waals surface area contributed by atoms with Gasteiger partial charge in [0.05, 0.1) is 6.42 Å². The molecule has 0 unspecified atom stereocenters. The number of benzene rings is 1. The Balaban J connectivity index is 2.19. The summed E-state index contributed by atoms with van der Waals surface area (Å²) in [4.78, 5) is 16.5. The Morgan fingerprint density at radius 3 is 2.88 bits per heavy atom. The molecule has 1 aromatic carbocycles. The van der Waals surface area contributed by atoms with Gasteiger partial charge in [0.15, 0.2) is 4.80 Å². The van der Waals surface area contributed by atoms with Crippen LogP contribution in [0.5, 0.6) is 0 Å². The van der Waals surface area contributed by atoms with Gasteiger partial charge < -0.3 is 4.57 Å². The third-order valence-electron chi connectivity index (χ3n) is 2.28. The normalized spacial score (nSPS) is 11.8. The standard InChI is InChI=1S/C12H11ClN2OS/c1-15-6-7-17-12(15)14-11(16)8-9-4-2-3-5-10(9)13/h2-7H,8H2,1H3. The highest BCUT2D eigenvalue weighted by Crippen LogP contribution is 2.15. The van der Waals surface area contributed by atoms with E-state index in [0.29, 0.717) is 9.82 Å². The number of rotatable bonds is 2. The zero-order valence-electron chi connectivity index (χ0n) is 9.26. The molecule has 1 heterocycles. The van der Waals surface area contributed by atoms with Gasteiger partial charge in [0, 0.05) is 23.6 Å². The highest BCUT2D eigenvalue weighted by molar-refractivity contribution is 7.07. The highest BCUT2D eigenvalue weighted by Gasteiger charge is 2.05. The van der Waals surface area contributed by atoms with Gasteiger partial charge in [-0.3, -0.25) is 4.79 Å².